The van der Waals surface area contributed by atoms with E-state index in [9.17, 15) is 4.79 Å². The van der Waals surface area contributed by atoms with Gasteiger partial charge in [0.05, 0.1) is 10.6 Å². The van der Waals surface area contributed by atoms with Crippen LogP contribution in [-0.2, 0) is 0 Å². The standard InChI is InChI=1S/C14H19ClN2O/c1-2-11-5-3-4-8-17(11)14(18)12-7-6-10(16)9-13(12)15/h6-7,9,11H,2-5,8,16H2,1H3/t11-/m0/s1. The smallest absolute Gasteiger partial charge is 0.255 e. The van der Waals surface area contributed by atoms with Gasteiger partial charge in [-0.3, -0.25) is 4.79 Å². The van der Waals surface area contributed by atoms with E-state index in [-0.39, 0.29) is 5.91 Å². The van der Waals surface area contributed by atoms with Gasteiger partial charge in [0.1, 0.15) is 0 Å². The van der Waals surface area contributed by atoms with Crippen LogP contribution in [0.25, 0.3) is 0 Å². The van der Waals surface area contributed by atoms with Crippen molar-refractivity contribution in [1.29, 1.82) is 0 Å². The summed E-state index contributed by atoms with van der Waals surface area (Å²) in [5.41, 5.74) is 6.80. The third kappa shape index (κ3) is 2.61. The lowest BCUT2D eigenvalue weighted by Gasteiger charge is -2.35. The first-order chi connectivity index (χ1) is 8.63. The van der Waals surface area contributed by atoms with Gasteiger partial charge in [-0.05, 0) is 43.9 Å². The second-order valence-corrected chi connectivity index (χ2v) is 5.20. The summed E-state index contributed by atoms with van der Waals surface area (Å²) in [4.78, 5) is 14.5. The SMILES string of the molecule is CC[C@H]1CCCCN1C(=O)c1ccc(N)cc1Cl. The molecule has 2 N–H and O–H groups in total. The monoisotopic (exact) mass is 266 g/mol. The van der Waals surface area contributed by atoms with Crippen LogP contribution in [0.5, 0.6) is 0 Å². The minimum absolute atomic E-state index is 0.0338. The Kier molecular flexibility index (Phi) is 4.12. The zero-order valence-corrected chi connectivity index (χ0v) is 11.4. The second-order valence-electron chi connectivity index (χ2n) is 4.80. The lowest BCUT2D eigenvalue weighted by molar-refractivity contribution is 0.0608. The maximum atomic E-state index is 12.5. The van der Waals surface area contributed by atoms with E-state index in [0.717, 1.165) is 25.8 Å². The first kappa shape index (κ1) is 13.2. The zero-order valence-electron chi connectivity index (χ0n) is 10.7. The highest BCUT2D eigenvalue weighted by atomic mass is 35.5. The minimum atomic E-state index is 0.0338. The first-order valence-electron chi connectivity index (χ1n) is 6.49. The normalized spacial score (nSPS) is 19.9. The largest absolute Gasteiger partial charge is 0.399 e. The number of likely N-dealkylation sites (tertiary alicyclic amines) is 1. The van der Waals surface area contributed by atoms with Gasteiger partial charge in [-0.1, -0.05) is 18.5 Å². The number of halogens is 1. The van der Waals surface area contributed by atoms with Crippen LogP contribution < -0.4 is 5.73 Å². The number of rotatable bonds is 2. The highest BCUT2D eigenvalue weighted by Gasteiger charge is 2.27. The molecule has 0 aliphatic carbocycles. The molecule has 2 rings (SSSR count). The predicted molar refractivity (Wildman–Crippen MR) is 74.8 cm³/mol. The molecule has 0 radical (unpaired) electrons. The van der Waals surface area contributed by atoms with Crippen LogP contribution in [-0.4, -0.2) is 23.4 Å². The molecule has 4 heteroatoms. The average Bonchev–Trinajstić information content (AvgIpc) is 2.38. The average molecular weight is 267 g/mol. The lowest BCUT2D eigenvalue weighted by atomic mass is 9.99. The Labute approximate surface area is 113 Å². The van der Waals surface area contributed by atoms with E-state index in [1.807, 2.05) is 4.90 Å². The van der Waals surface area contributed by atoms with Gasteiger partial charge in [0, 0.05) is 18.3 Å². The van der Waals surface area contributed by atoms with E-state index in [4.69, 9.17) is 17.3 Å². The maximum absolute atomic E-state index is 12.5. The highest BCUT2D eigenvalue weighted by Crippen LogP contribution is 2.25. The number of piperidine rings is 1. The Bertz CT molecular complexity index is 447. The molecule has 98 valence electrons. The first-order valence-corrected chi connectivity index (χ1v) is 6.87. The summed E-state index contributed by atoms with van der Waals surface area (Å²) >= 11 is 6.11. The van der Waals surface area contributed by atoms with Gasteiger partial charge in [0.15, 0.2) is 0 Å². The molecule has 0 unspecified atom stereocenters. The quantitative estimate of drug-likeness (QED) is 0.835. The van der Waals surface area contributed by atoms with Gasteiger partial charge < -0.3 is 10.6 Å². The number of nitrogens with zero attached hydrogens (tertiary/aromatic N) is 1. The maximum Gasteiger partial charge on any atom is 0.255 e. The Morgan fingerprint density at radius 3 is 2.94 bits per heavy atom. The number of hydrogen-bond acceptors (Lipinski definition) is 2. The molecule has 0 bridgehead atoms. The van der Waals surface area contributed by atoms with E-state index in [2.05, 4.69) is 6.92 Å². The summed E-state index contributed by atoms with van der Waals surface area (Å²) in [6.07, 6.45) is 4.37. The van der Waals surface area contributed by atoms with Crippen molar-refractivity contribution in [2.75, 3.05) is 12.3 Å². The number of amides is 1. The van der Waals surface area contributed by atoms with Gasteiger partial charge in [-0.2, -0.15) is 0 Å². The zero-order chi connectivity index (χ0) is 13.1. The van der Waals surface area contributed by atoms with Gasteiger partial charge in [-0.25, -0.2) is 0 Å². The number of nitrogen functional groups attached to an aromatic ring is 1. The number of hydrogen-bond donors (Lipinski definition) is 1. The van der Waals surface area contributed by atoms with E-state index < -0.39 is 0 Å². The number of nitrogens with two attached hydrogens (primary N) is 1. The molecule has 1 amide bonds. The summed E-state index contributed by atoms with van der Waals surface area (Å²) in [5, 5.41) is 0.445. The van der Waals surface area contributed by atoms with E-state index in [1.54, 1.807) is 18.2 Å². The molecule has 1 fully saturated rings. The summed E-state index contributed by atoms with van der Waals surface area (Å²) < 4.78 is 0. The molecule has 1 aromatic carbocycles. The fraction of sp³-hybridized carbons (Fsp3) is 0.500. The summed E-state index contributed by atoms with van der Waals surface area (Å²) in [5.74, 6) is 0.0338. The third-order valence-corrected chi connectivity index (χ3v) is 3.90. The van der Waals surface area contributed by atoms with Crippen molar-refractivity contribution in [1.82, 2.24) is 4.90 Å². The van der Waals surface area contributed by atoms with Crippen molar-refractivity contribution in [3.05, 3.63) is 28.8 Å². The van der Waals surface area contributed by atoms with Crippen LogP contribution >= 0.6 is 11.6 Å². The fourth-order valence-electron chi connectivity index (χ4n) is 2.55. The van der Waals surface area contributed by atoms with E-state index >= 15 is 0 Å². The van der Waals surface area contributed by atoms with Crippen LogP contribution in [0, 0.1) is 0 Å². The molecular formula is C14H19ClN2O. The Morgan fingerprint density at radius 2 is 2.28 bits per heavy atom. The van der Waals surface area contributed by atoms with Crippen LogP contribution in [0.4, 0.5) is 5.69 Å². The molecule has 1 aliphatic heterocycles. The number of benzene rings is 1. The summed E-state index contributed by atoms with van der Waals surface area (Å²) in [7, 11) is 0. The lowest BCUT2D eigenvalue weighted by Crippen LogP contribution is -2.43. The van der Waals surface area contributed by atoms with Crippen LogP contribution in [0.1, 0.15) is 43.0 Å². The van der Waals surface area contributed by atoms with Crippen LogP contribution in [0.3, 0.4) is 0 Å². The van der Waals surface area contributed by atoms with E-state index in [0.29, 0.717) is 22.3 Å². The molecule has 3 nitrogen and oxygen atoms in total. The molecule has 1 aromatic rings. The number of carbonyl (C=O) groups excluding carboxylic acids is 1. The molecule has 1 saturated heterocycles. The molecule has 0 saturated carbocycles. The van der Waals surface area contributed by atoms with E-state index in [1.165, 1.54) is 6.42 Å². The minimum Gasteiger partial charge on any atom is -0.399 e. The van der Waals surface area contributed by atoms with Crippen LogP contribution in [0.15, 0.2) is 18.2 Å². The van der Waals surface area contributed by atoms with Crippen molar-refractivity contribution < 1.29 is 4.79 Å². The fourth-order valence-corrected chi connectivity index (χ4v) is 2.82. The van der Waals surface area contributed by atoms with Gasteiger partial charge in [-0.15, -0.1) is 0 Å². The number of carbonyl (C=O) groups is 1. The Balaban J connectivity index is 2.24. The van der Waals surface area contributed by atoms with Gasteiger partial charge in [0.2, 0.25) is 0 Å². The molecule has 18 heavy (non-hydrogen) atoms. The highest BCUT2D eigenvalue weighted by molar-refractivity contribution is 6.34. The molecule has 1 atom stereocenters. The molecule has 0 spiro atoms. The third-order valence-electron chi connectivity index (χ3n) is 3.58. The molecular weight excluding hydrogens is 248 g/mol. The molecule has 1 heterocycles. The van der Waals surface area contributed by atoms with Gasteiger partial charge in [0.25, 0.3) is 5.91 Å². The van der Waals surface area contributed by atoms with Crippen molar-refractivity contribution >= 4 is 23.2 Å². The predicted octanol–water partition coefficient (Wildman–Crippen LogP) is 3.33. The Hall–Kier alpha value is -1.22. The topological polar surface area (TPSA) is 46.3 Å². The van der Waals surface area contributed by atoms with Crippen molar-refractivity contribution in [3.63, 3.8) is 0 Å². The van der Waals surface area contributed by atoms with Crippen molar-refractivity contribution in [2.24, 2.45) is 0 Å². The number of anilines is 1. The summed E-state index contributed by atoms with van der Waals surface area (Å²) in [6, 6.07) is 5.44. The van der Waals surface area contributed by atoms with Crippen molar-refractivity contribution in [3.8, 4) is 0 Å². The molecule has 0 aromatic heterocycles. The van der Waals surface area contributed by atoms with Crippen LogP contribution in [0.2, 0.25) is 5.02 Å². The van der Waals surface area contributed by atoms with Gasteiger partial charge >= 0.3 is 0 Å². The summed E-state index contributed by atoms with van der Waals surface area (Å²) in [6.45, 7) is 2.96. The Morgan fingerprint density at radius 1 is 1.50 bits per heavy atom. The second kappa shape index (κ2) is 5.61. The van der Waals surface area contributed by atoms with Crippen molar-refractivity contribution in [2.45, 2.75) is 38.6 Å². The molecule has 1 aliphatic rings.